The van der Waals surface area contributed by atoms with Gasteiger partial charge in [-0.2, -0.15) is 9.97 Å². The molecular formula is C10H15N3O3. The van der Waals surface area contributed by atoms with Crippen LogP contribution >= 0.6 is 0 Å². The van der Waals surface area contributed by atoms with Crippen LogP contribution < -0.4 is 15.2 Å². The summed E-state index contributed by atoms with van der Waals surface area (Å²) < 4.78 is 15.9. The summed E-state index contributed by atoms with van der Waals surface area (Å²) in [5.74, 6) is 0.732. The second-order valence-corrected chi connectivity index (χ2v) is 3.53. The lowest BCUT2D eigenvalue weighted by molar-refractivity contribution is 0.0239. The highest BCUT2D eigenvalue weighted by molar-refractivity contribution is 5.55. The zero-order chi connectivity index (χ0) is 11.4. The van der Waals surface area contributed by atoms with E-state index in [1.807, 2.05) is 0 Å². The van der Waals surface area contributed by atoms with Gasteiger partial charge in [0, 0.05) is 12.8 Å². The molecule has 0 saturated carbocycles. The molecule has 0 spiro atoms. The third-order valence-corrected chi connectivity index (χ3v) is 2.45. The number of rotatable bonds is 3. The summed E-state index contributed by atoms with van der Waals surface area (Å²) in [7, 11) is 1.51. The zero-order valence-corrected chi connectivity index (χ0v) is 9.18. The fourth-order valence-corrected chi connectivity index (χ4v) is 1.57. The molecule has 1 aromatic rings. The fraction of sp³-hybridized carbons (Fsp3) is 0.600. The Hall–Kier alpha value is -1.56. The van der Waals surface area contributed by atoms with Crippen LogP contribution in [0.25, 0.3) is 0 Å². The van der Waals surface area contributed by atoms with E-state index in [1.165, 1.54) is 13.4 Å². The van der Waals surface area contributed by atoms with Crippen molar-refractivity contribution in [3.63, 3.8) is 0 Å². The Kier molecular flexibility index (Phi) is 3.40. The van der Waals surface area contributed by atoms with Gasteiger partial charge >= 0.3 is 0 Å². The lowest BCUT2D eigenvalue weighted by Crippen LogP contribution is -2.26. The Morgan fingerprint density at radius 2 is 2.00 bits per heavy atom. The molecule has 6 nitrogen and oxygen atoms in total. The molecule has 0 amide bonds. The third kappa shape index (κ3) is 2.33. The highest BCUT2D eigenvalue weighted by Gasteiger charge is 2.18. The maximum atomic E-state index is 5.80. The van der Waals surface area contributed by atoms with Crippen molar-refractivity contribution < 1.29 is 14.2 Å². The summed E-state index contributed by atoms with van der Waals surface area (Å²) in [4.78, 5) is 7.89. The number of nitrogens with two attached hydrogens (primary N) is 1. The number of nitrogen functional groups attached to an aromatic ring is 1. The molecule has 1 fully saturated rings. The summed E-state index contributed by atoms with van der Waals surface area (Å²) in [6, 6.07) is 0. The van der Waals surface area contributed by atoms with E-state index >= 15 is 0 Å². The molecule has 6 heteroatoms. The second-order valence-electron chi connectivity index (χ2n) is 3.53. The summed E-state index contributed by atoms with van der Waals surface area (Å²) in [5.41, 5.74) is 6.15. The molecule has 2 heterocycles. The molecule has 0 aromatic carbocycles. The smallest absolute Gasteiger partial charge is 0.244 e. The molecule has 1 aliphatic heterocycles. The van der Waals surface area contributed by atoms with E-state index in [9.17, 15) is 0 Å². The minimum atomic E-state index is 0.107. The Bertz CT molecular complexity index is 353. The number of nitrogens with zero attached hydrogens (tertiary/aromatic N) is 2. The van der Waals surface area contributed by atoms with E-state index < -0.39 is 0 Å². The molecule has 1 aromatic heterocycles. The quantitative estimate of drug-likeness (QED) is 0.812. The molecule has 0 atom stereocenters. The van der Waals surface area contributed by atoms with Crippen LogP contribution in [0.2, 0.25) is 0 Å². The van der Waals surface area contributed by atoms with Crippen molar-refractivity contribution in [2.45, 2.75) is 18.9 Å². The van der Waals surface area contributed by atoms with Crippen LogP contribution in [0.3, 0.4) is 0 Å². The molecule has 1 aliphatic rings. The molecule has 0 bridgehead atoms. The van der Waals surface area contributed by atoms with Gasteiger partial charge in [0.15, 0.2) is 5.69 Å². The first-order valence-electron chi connectivity index (χ1n) is 5.20. The number of anilines is 1. The van der Waals surface area contributed by atoms with E-state index in [-0.39, 0.29) is 6.10 Å². The monoisotopic (exact) mass is 225 g/mol. The van der Waals surface area contributed by atoms with Crippen molar-refractivity contribution in [1.82, 2.24) is 9.97 Å². The predicted molar refractivity (Wildman–Crippen MR) is 57.5 cm³/mol. The molecule has 1 saturated heterocycles. The lowest BCUT2D eigenvalue weighted by atomic mass is 10.1. The van der Waals surface area contributed by atoms with E-state index in [0.717, 1.165) is 12.8 Å². The van der Waals surface area contributed by atoms with Gasteiger partial charge in [-0.1, -0.05) is 0 Å². The van der Waals surface area contributed by atoms with Crippen LogP contribution in [-0.2, 0) is 4.74 Å². The topological polar surface area (TPSA) is 79.5 Å². The predicted octanol–water partition coefficient (Wildman–Crippen LogP) is 0.625. The van der Waals surface area contributed by atoms with E-state index in [4.69, 9.17) is 19.9 Å². The summed E-state index contributed by atoms with van der Waals surface area (Å²) >= 11 is 0. The van der Waals surface area contributed by atoms with Crippen molar-refractivity contribution in [2.75, 3.05) is 26.1 Å². The van der Waals surface area contributed by atoms with Crippen LogP contribution in [0.5, 0.6) is 11.8 Å². The van der Waals surface area contributed by atoms with Crippen molar-refractivity contribution in [3.05, 3.63) is 6.33 Å². The van der Waals surface area contributed by atoms with E-state index in [2.05, 4.69) is 9.97 Å². The van der Waals surface area contributed by atoms with Gasteiger partial charge in [-0.25, -0.2) is 0 Å². The molecule has 0 radical (unpaired) electrons. The second kappa shape index (κ2) is 4.98. The Morgan fingerprint density at radius 3 is 2.69 bits per heavy atom. The maximum Gasteiger partial charge on any atom is 0.244 e. The van der Waals surface area contributed by atoms with Gasteiger partial charge in [-0.3, -0.25) is 0 Å². The molecule has 2 N–H and O–H groups in total. The van der Waals surface area contributed by atoms with Crippen LogP contribution in [0, 0.1) is 0 Å². The highest BCUT2D eigenvalue weighted by Crippen LogP contribution is 2.28. The van der Waals surface area contributed by atoms with Crippen molar-refractivity contribution >= 4 is 5.69 Å². The third-order valence-electron chi connectivity index (χ3n) is 2.45. The Balaban J connectivity index is 2.08. The van der Waals surface area contributed by atoms with Gasteiger partial charge in [0.05, 0.1) is 20.3 Å². The van der Waals surface area contributed by atoms with E-state index in [1.54, 1.807) is 0 Å². The van der Waals surface area contributed by atoms with Gasteiger partial charge in [-0.05, 0) is 0 Å². The first-order valence-corrected chi connectivity index (χ1v) is 5.20. The van der Waals surface area contributed by atoms with Gasteiger partial charge in [0.2, 0.25) is 11.8 Å². The summed E-state index contributed by atoms with van der Waals surface area (Å²) in [6.45, 7) is 1.43. The van der Waals surface area contributed by atoms with Crippen LogP contribution in [-0.4, -0.2) is 36.4 Å². The lowest BCUT2D eigenvalue weighted by Gasteiger charge is -2.23. The maximum absolute atomic E-state index is 5.80. The Labute approximate surface area is 93.7 Å². The van der Waals surface area contributed by atoms with Crippen molar-refractivity contribution in [1.29, 1.82) is 0 Å². The van der Waals surface area contributed by atoms with Gasteiger partial charge in [-0.15, -0.1) is 0 Å². The first-order chi connectivity index (χ1) is 7.81. The SMILES string of the molecule is COc1ncnc(OC2CCOCC2)c1N. The van der Waals surface area contributed by atoms with Gasteiger partial charge < -0.3 is 19.9 Å². The number of aromatic nitrogens is 2. The normalized spacial score (nSPS) is 17.1. The highest BCUT2D eigenvalue weighted by atomic mass is 16.5. The minimum absolute atomic E-state index is 0.107. The van der Waals surface area contributed by atoms with Crippen molar-refractivity contribution in [3.8, 4) is 11.8 Å². The minimum Gasteiger partial charge on any atom is -0.479 e. The van der Waals surface area contributed by atoms with Crippen molar-refractivity contribution in [2.24, 2.45) is 0 Å². The van der Waals surface area contributed by atoms with Crippen LogP contribution in [0.4, 0.5) is 5.69 Å². The summed E-state index contributed by atoms with van der Waals surface area (Å²) in [6.07, 6.45) is 3.19. The molecule has 0 unspecified atom stereocenters. The fourth-order valence-electron chi connectivity index (χ4n) is 1.57. The molecule has 2 rings (SSSR count). The van der Waals surface area contributed by atoms with Gasteiger partial charge in [0.25, 0.3) is 0 Å². The first kappa shape index (κ1) is 10.9. The van der Waals surface area contributed by atoms with E-state index in [0.29, 0.717) is 30.7 Å². The number of hydrogen-bond donors (Lipinski definition) is 1. The van der Waals surface area contributed by atoms with Crippen LogP contribution in [0.1, 0.15) is 12.8 Å². The molecule has 88 valence electrons. The number of ether oxygens (including phenoxy) is 3. The standard InChI is InChI=1S/C10H15N3O3/c1-14-9-8(11)10(13-6-12-9)16-7-2-4-15-5-3-7/h6-7H,2-5,11H2,1H3. The Morgan fingerprint density at radius 1 is 1.31 bits per heavy atom. The summed E-state index contributed by atoms with van der Waals surface area (Å²) in [5, 5.41) is 0. The molecular weight excluding hydrogens is 210 g/mol. The van der Waals surface area contributed by atoms with Gasteiger partial charge in [0.1, 0.15) is 12.4 Å². The number of methoxy groups -OCH3 is 1. The molecule has 16 heavy (non-hydrogen) atoms. The largest absolute Gasteiger partial charge is 0.479 e. The number of hydrogen-bond acceptors (Lipinski definition) is 6. The average molecular weight is 225 g/mol. The molecule has 0 aliphatic carbocycles. The average Bonchev–Trinajstić information content (AvgIpc) is 2.33. The zero-order valence-electron chi connectivity index (χ0n) is 9.18. The van der Waals surface area contributed by atoms with Crippen LogP contribution in [0.15, 0.2) is 6.33 Å².